The van der Waals surface area contributed by atoms with E-state index >= 15 is 0 Å². The summed E-state index contributed by atoms with van der Waals surface area (Å²) in [6.45, 7) is 5.46. The van der Waals surface area contributed by atoms with Crippen molar-refractivity contribution in [1.82, 2.24) is 15.1 Å². The zero-order valence-corrected chi connectivity index (χ0v) is 15.0. The van der Waals surface area contributed by atoms with E-state index in [1.165, 1.54) is 19.4 Å². The van der Waals surface area contributed by atoms with Gasteiger partial charge in [0.05, 0.1) is 5.69 Å². The van der Waals surface area contributed by atoms with Crippen LogP contribution in [0.2, 0.25) is 0 Å². The number of aromatic hydroxyl groups is 1. The standard InChI is InChI=1S/C20H26N4O/c1-3-14-5-4-6-18(25)20(14)16-7-8-19(22-21-16)24-12-10-15-9-11-23(2)13-17(15)24/h4-8,15,17,25H,3,9-13H2,1-2H3/t15-,17-/m0/s1. The summed E-state index contributed by atoms with van der Waals surface area (Å²) in [5.41, 5.74) is 2.65. The fourth-order valence-corrected chi connectivity index (χ4v) is 4.37. The molecule has 0 unspecified atom stereocenters. The van der Waals surface area contributed by atoms with E-state index < -0.39 is 0 Å². The number of hydrogen-bond donors (Lipinski definition) is 1. The van der Waals surface area contributed by atoms with E-state index in [0.717, 1.165) is 48.1 Å². The van der Waals surface area contributed by atoms with Crippen LogP contribution in [-0.4, -0.2) is 52.9 Å². The summed E-state index contributed by atoms with van der Waals surface area (Å²) in [5, 5.41) is 19.2. The molecule has 132 valence electrons. The van der Waals surface area contributed by atoms with Gasteiger partial charge in [0.15, 0.2) is 5.82 Å². The summed E-state index contributed by atoms with van der Waals surface area (Å²) >= 11 is 0. The molecule has 1 aromatic heterocycles. The maximum Gasteiger partial charge on any atom is 0.151 e. The number of aromatic nitrogens is 2. The largest absolute Gasteiger partial charge is 0.507 e. The lowest BCUT2D eigenvalue weighted by molar-refractivity contribution is 0.207. The average molecular weight is 338 g/mol. The van der Waals surface area contributed by atoms with Gasteiger partial charge in [0.2, 0.25) is 0 Å². The molecule has 5 nitrogen and oxygen atoms in total. The second kappa shape index (κ2) is 6.64. The SMILES string of the molecule is CCc1cccc(O)c1-c1ccc(N2CC[C@@H]3CCN(C)C[C@@H]32)nn1. The molecule has 2 aliphatic rings. The summed E-state index contributed by atoms with van der Waals surface area (Å²) in [6, 6.07) is 10.2. The van der Waals surface area contributed by atoms with Crippen LogP contribution in [0.3, 0.4) is 0 Å². The topological polar surface area (TPSA) is 52.5 Å². The van der Waals surface area contributed by atoms with Crippen molar-refractivity contribution >= 4 is 5.82 Å². The van der Waals surface area contributed by atoms with Crippen molar-refractivity contribution in [1.29, 1.82) is 0 Å². The summed E-state index contributed by atoms with van der Waals surface area (Å²) < 4.78 is 0. The van der Waals surface area contributed by atoms with E-state index in [9.17, 15) is 5.11 Å². The Morgan fingerprint density at radius 2 is 1.96 bits per heavy atom. The van der Waals surface area contributed by atoms with E-state index in [0.29, 0.717) is 6.04 Å². The van der Waals surface area contributed by atoms with Crippen LogP contribution in [0.5, 0.6) is 5.75 Å². The molecule has 2 aromatic rings. The molecule has 0 saturated carbocycles. The van der Waals surface area contributed by atoms with Gasteiger partial charge in [0, 0.05) is 24.7 Å². The Morgan fingerprint density at radius 1 is 1.12 bits per heavy atom. The quantitative estimate of drug-likeness (QED) is 0.932. The number of piperidine rings is 1. The van der Waals surface area contributed by atoms with Gasteiger partial charge in [-0.2, -0.15) is 0 Å². The van der Waals surface area contributed by atoms with Crippen LogP contribution in [0.15, 0.2) is 30.3 Å². The van der Waals surface area contributed by atoms with Gasteiger partial charge in [-0.15, -0.1) is 10.2 Å². The molecule has 0 radical (unpaired) electrons. The van der Waals surface area contributed by atoms with E-state index in [2.05, 4.69) is 40.0 Å². The van der Waals surface area contributed by atoms with Gasteiger partial charge >= 0.3 is 0 Å². The Bertz CT molecular complexity index is 746. The summed E-state index contributed by atoms with van der Waals surface area (Å²) in [6.07, 6.45) is 3.39. The fraction of sp³-hybridized carbons (Fsp3) is 0.500. The van der Waals surface area contributed by atoms with Crippen molar-refractivity contribution in [2.24, 2.45) is 5.92 Å². The minimum absolute atomic E-state index is 0.275. The molecule has 2 aliphatic heterocycles. The average Bonchev–Trinajstić information content (AvgIpc) is 3.04. The lowest BCUT2D eigenvalue weighted by Crippen LogP contribution is -2.47. The van der Waals surface area contributed by atoms with Crippen molar-refractivity contribution in [3.63, 3.8) is 0 Å². The molecule has 2 atom stereocenters. The number of aryl methyl sites for hydroxylation is 1. The first kappa shape index (κ1) is 16.3. The highest BCUT2D eigenvalue weighted by Crippen LogP contribution is 2.35. The predicted molar refractivity (Wildman–Crippen MR) is 99.9 cm³/mol. The molecule has 2 fully saturated rings. The fourth-order valence-electron chi connectivity index (χ4n) is 4.37. The maximum atomic E-state index is 10.3. The molecule has 25 heavy (non-hydrogen) atoms. The van der Waals surface area contributed by atoms with Gasteiger partial charge in [-0.3, -0.25) is 0 Å². The molecule has 0 spiro atoms. The first-order valence-electron chi connectivity index (χ1n) is 9.27. The minimum Gasteiger partial charge on any atom is -0.507 e. The summed E-state index contributed by atoms with van der Waals surface area (Å²) in [5.74, 6) is 2.01. The smallest absolute Gasteiger partial charge is 0.151 e. The van der Waals surface area contributed by atoms with Gasteiger partial charge in [-0.05, 0) is 62.5 Å². The third-order valence-corrected chi connectivity index (χ3v) is 5.78. The predicted octanol–water partition coefficient (Wildman–Crippen LogP) is 2.94. The van der Waals surface area contributed by atoms with Gasteiger partial charge < -0.3 is 14.9 Å². The number of rotatable bonds is 3. The first-order valence-corrected chi connectivity index (χ1v) is 9.27. The number of phenols is 1. The maximum absolute atomic E-state index is 10.3. The van der Waals surface area contributed by atoms with Crippen LogP contribution >= 0.6 is 0 Å². The Labute approximate surface area is 149 Å². The molecular formula is C20H26N4O. The lowest BCUT2D eigenvalue weighted by Gasteiger charge is -2.36. The molecule has 1 N–H and O–H groups in total. The van der Waals surface area contributed by atoms with E-state index in [4.69, 9.17) is 0 Å². The molecule has 5 heteroatoms. The number of phenolic OH excluding ortho intramolecular Hbond substituents is 1. The van der Waals surface area contributed by atoms with Crippen molar-refractivity contribution in [2.75, 3.05) is 31.6 Å². The normalized spacial score (nSPS) is 23.7. The molecule has 4 rings (SSSR count). The van der Waals surface area contributed by atoms with Gasteiger partial charge in [0.1, 0.15) is 5.75 Å². The van der Waals surface area contributed by atoms with Crippen LogP contribution in [0.1, 0.15) is 25.3 Å². The highest BCUT2D eigenvalue weighted by Gasteiger charge is 2.38. The molecule has 0 amide bonds. The van der Waals surface area contributed by atoms with Crippen LogP contribution < -0.4 is 4.90 Å². The van der Waals surface area contributed by atoms with E-state index in [-0.39, 0.29) is 5.75 Å². The molecule has 0 aliphatic carbocycles. The lowest BCUT2D eigenvalue weighted by atomic mass is 9.92. The van der Waals surface area contributed by atoms with Crippen molar-refractivity contribution in [2.45, 2.75) is 32.2 Å². The highest BCUT2D eigenvalue weighted by molar-refractivity contribution is 5.71. The number of fused-ring (bicyclic) bond motifs is 1. The van der Waals surface area contributed by atoms with Gasteiger partial charge in [0.25, 0.3) is 0 Å². The molecule has 2 saturated heterocycles. The Kier molecular flexibility index (Phi) is 4.34. The second-order valence-corrected chi connectivity index (χ2v) is 7.30. The molecule has 3 heterocycles. The van der Waals surface area contributed by atoms with Crippen LogP contribution in [0.25, 0.3) is 11.3 Å². The van der Waals surface area contributed by atoms with Crippen LogP contribution in [0.4, 0.5) is 5.82 Å². The Morgan fingerprint density at radius 3 is 2.72 bits per heavy atom. The van der Waals surface area contributed by atoms with Crippen LogP contribution in [0, 0.1) is 5.92 Å². The third-order valence-electron chi connectivity index (χ3n) is 5.78. The van der Waals surface area contributed by atoms with Crippen molar-refractivity contribution in [3.8, 4) is 17.0 Å². The zero-order chi connectivity index (χ0) is 17.4. The monoisotopic (exact) mass is 338 g/mol. The number of likely N-dealkylation sites (tertiary alicyclic amines) is 1. The van der Waals surface area contributed by atoms with Gasteiger partial charge in [-0.1, -0.05) is 19.1 Å². The Balaban J connectivity index is 1.61. The first-order chi connectivity index (χ1) is 12.2. The molecular weight excluding hydrogens is 312 g/mol. The number of nitrogens with zero attached hydrogens (tertiary/aromatic N) is 4. The van der Waals surface area contributed by atoms with Crippen LogP contribution in [-0.2, 0) is 6.42 Å². The van der Waals surface area contributed by atoms with E-state index in [1.54, 1.807) is 6.07 Å². The molecule has 1 aromatic carbocycles. The van der Waals surface area contributed by atoms with Crippen molar-refractivity contribution < 1.29 is 5.11 Å². The summed E-state index contributed by atoms with van der Waals surface area (Å²) in [7, 11) is 2.20. The van der Waals surface area contributed by atoms with Crippen molar-refractivity contribution in [3.05, 3.63) is 35.9 Å². The minimum atomic E-state index is 0.275. The van der Waals surface area contributed by atoms with E-state index in [1.807, 2.05) is 18.2 Å². The third kappa shape index (κ3) is 2.97. The number of benzene rings is 1. The number of likely N-dealkylation sites (N-methyl/N-ethyl adjacent to an activating group) is 1. The highest BCUT2D eigenvalue weighted by atomic mass is 16.3. The summed E-state index contributed by atoms with van der Waals surface area (Å²) in [4.78, 5) is 4.83. The zero-order valence-electron chi connectivity index (χ0n) is 15.0. The van der Waals surface area contributed by atoms with Gasteiger partial charge in [-0.25, -0.2) is 0 Å². The number of hydrogen-bond acceptors (Lipinski definition) is 5. The number of anilines is 1. The Hall–Kier alpha value is -2.14. The second-order valence-electron chi connectivity index (χ2n) is 7.30. The molecule has 0 bridgehead atoms.